The fourth-order valence-electron chi connectivity index (χ4n) is 0.941. The van der Waals surface area contributed by atoms with Gasteiger partial charge in [-0.2, -0.15) is 48.3 Å². The van der Waals surface area contributed by atoms with E-state index in [-0.39, 0.29) is 0 Å². The molecule has 0 aromatic carbocycles. The van der Waals surface area contributed by atoms with E-state index in [0.29, 0.717) is 0 Å². The van der Waals surface area contributed by atoms with E-state index in [1.54, 1.807) is 0 Å². The van der Waals surface area contributed by atoms with Crippen molar-refractivity contribution >= 4 is 0 Å². The molecule has 0 rings (SSSR count). The number of alkyl halides is 13. The second-order valence-electron chi connectivity index (χ2n) is 3.35. The van der Waals surface area contributed by atoms with Gasteiger partial charge >= 0.3 is 36.0 Å². The van der Waals surface area contributed by atoms with Crippen LogP contribution in [0.4, 0.5) is 57.1 Å². The van der Waals surface area contributed by atoms with Gasteiger partial charge in [-0.25, -0.2) is 8.78 Å². The van der Waals surface area contributed by atoms with Crippen molar-refractivity contribution in [3.63, 3.8) is 0 Å². The fraction of sp³-hybridized carbons (Fsp3) is 1.00. The Labute approximate surface area is 99.5 Å². The van der Waals surface area contributed by atoms with E-state index in [0.717, 1.165) is 0 Å². The zero-order valence-corrected chi connectivity index (χ0v) is 8.36. The molecule has 0 aliphatic rings. The van der Waals surface area contributed by atoms with Crippen molar-refractivity contribution in [2.45, 2.75) is 36.0 Å². The molecule has 0 aliphatic carbocycles. The Kier molecular flexibility index (Phi) is 4.07. The summed E-state index contributed by atoms with van der Waals surface area (Å²) in [4.78, 5) is 0. The van der Waals surface area contributed by atoms with Crippen LogP contribution >= 0.6 is 0 Å². The Morgan fingerprint density at radius 1 is 0.450 bits per heavy atom. The number of rotatable bonds is 2. The van der Waals surface area contributed by atoms with E-state index in [1.165, 1.54) is 0 Å². The lowest BCUT2D eigenvalue weighted by atomic mass is 9.89. The van der Waals surface area contributed by atoms with Crippen LogP contribution in [0.1, 0.15) is 0 Å². The van der Waals surface area contributed by atoms with Crippen molar-refractivity contribution in [2.75, 3.05) is 0 Å². The van der Waals surface area contributed by atoms with E-state index in [9.17, 15) is 57.1 Å². The first kappa shape index (κ1) is 19.1. The molecule has 0 spiro atoms. The van der Waals surface area contributed by atoms with Crippen LogP contribution in [-0.2, 0) is 0 Å². The van der Waals surface area contributed by atoms with Crippen LogP contribution in [0.25, 0.3) is 0 Å². The minimum atomic E-state index is -7.87. The highest BCUT2D eigenvalue weighted by molar-refractivity contribution is 5.12. The van der Waals surface area contributed by atoms with Gasteiger partial charge in [0.1, 0.15) is 0 Å². The number of halogens is 13. The maximum Gasteiger partial charge on any atom is 0.459 e. The molecule has 0 bridgehead atoms. The Morgan fingerprint density at radius 2 is 0.700 bits per heavy atom. The largest absolute Gasteiger partial charge is 0.459 e. The summed E-state index contributed by atoms with van der Waals surface area (Å²) in [7, 11) is 0. The summed E-state index contributed by atoms with van der Waals surface area (Å²) in [5, 5.41) is 7.82. The molecule has 20 heavy (non-hydrogen) atoms. The normalized spacial score (nSPS) is 18.9. The van der Waals surface area contributed by atoms with E-state index < -0.39 is 36.0 Å². The Morgan fingerprint density at radius 3 is 0.850 bits per heavy atom. The first-order valence-corrected chi connectivity index (χ1v) is 3.93. The van der Waals surface area contributed by atoms with Gasteiger partial charge in [0.05, 0.1) is 0 Å². The predicted octanol–water partition coefficient (Wildman–Crippen LogP) is 3.67. The van der Waals surface area contributed by atoms with Crippen molar-refractivity contribution in [3.8, 4) is 0 Å². The molecule has 0 fully saturated rings. The lowest BCUT2D eigenvalue weighted by molar-refractivity contribution is -0.472. The van der Waals surface area contributed by atoms with Crippen LogP contribution in [0.3, 0.4) is 0 Å². The van der Waals surface area contributed by atoms with E-state index in [4.69, 9.17) is 5.11 Å². The summed E-state index contributed by atoms with van der Waals surface area (Å²) >= 11 is 0. The predicted molar refractivity (Wildman–Crippen MR) is 33.0 cm³/mol. The third-order valence-electron chi connectivity index (χ3n) is 2.01. The molecule has 1 nitrogen and oxygen atoms in total. The van der Waals surface area contributed by atoms with Gasteiger partial charge in [-0.05, 0) is 0 Å². The zero-order valence-electron chi connectivity index (χ0n) is 8.36. The monoisotopic (exact) mass is 336 g/mol. The number of hydrogen-bond acceptors (Lipinski definition) is 1. The molecule has 122 valence electrons. The minimum Gasteiger partial charge on any atom is -0.354 e. The summed E-state index contributed by atoms with van der Waals surface area (Å²) in [6, 6.07) is 0. The van der Waals surface area contributed by atoms with Crippen LogP contribution in [0, 0.1) is 0 Å². The molecular weight excluding hydrogens is 335 g/mol. The molecular formula is C6HF13O. The van der Waals surface area contributed by atoms with Crippen LogP contribution in [-0.4, -0.2) is 41.1 Å². The molecule has 0 aliphatic heterocycles. The molecule has 0 saturated carbocycles. The van der Waals surface area contributed by atoms with Gasteiger partial charge in [0, 0.05) is 0 Å². The van der Waals surface area contributed by atoms with Crippen LogP contribution in [0.5, 0.6) is 0 Å². The lowest BCUT2D eigenvalue weighted by Gasteiger charge is -2.41. The van der Waals surface area contributed by atoms with Crippen molar-refractivity contribution in [3.05, 3.63) is 0 Å². The van der Waals surface area contributed by atoms with Gasteiger partial charge in [-0.3, -0.25) is 0 Å². The average Bonchev–Trinajstić information content (AvgIpc) is 2.10. The molecule has 0 aromatic heterocycles. The van der Waals surface area contributed by atoms with Gasteiger partial charge in [-0.15, -0.1) is 0 Å². The first-order valence-electron chi connectivity index (χ1n) is 3.93. The molecule has 0 saturated heterocycles. The highest BCUT2D eigenvalue weighted by Gasteiger charge is 2.92. The minimum absolute atomic E-state index is 7.43. The average molecular weight is 336 g/mol. The molecule has 1 atom stereocenters. The first-order chi connectivity index (χ1) is 8.25. The van der Waals surface area contributed by atoms with Crippen LogP contribution in [0.2, 0.25) is 0 Å². The second-order valence-corrected chi connectivity index (χ2v) is 3.35. The number of hydrogen-bond donors (Lipinski definition) is 1. The molecule has 0 aromatic rings. The summed E-state index contributed by atoms with van der Waals surface area (Å²) < 4.78 is 156. The standard InChI is InChI=1S/C6HF13O/c7-1(4(11,12)13,5(14,15)16)3(10,20)2(8,9)6(17,18)19/h20H. The smallest absolute Gasteiger partial charge is 0.354 e. The summed E-state index contributed by atoms with van der Waals surface area (Å²) in [5.74, 6) is -15.4. The topological polar surface area (TPSA) is 20.2 Å². The van der Waals surface area contributed by atoms with Crippen LogP contribution < -0.4 is 0 Å². The summed E-state index contributed by atoms with van der Waals surface area (Å²) in [6.07, 6.45) is -22.7. The quantitative estimate of drug-likeness (QED) is 0.763. The Balaban J connectivity index is 6.38. The molecule has 1 unspecified atom stereocenters. The van der Waals surface area contributed by atoms with Crippen molar-refractivity contribution in [1.82, 2.24) is 0 Å². The van der Waals surface area contributed by atoms with Gasteiger partial charge in [0.15, 0.2) is 0 Å². The van der Waals surface area contributed by atoms with Gasteiger partial charge in [-0.1, -0.05) is 0 Å². The molecule has 0 heterocycles. The SMILES string of the molecule is OC(F)(C(F)(F)C(F)(F)F)C(F)(C(F)(F)F)C(F)(F)F. The van der Waals surface area contributed by atoms with Crippen LogP contribution in [0.15, 0.2) is 0 Å². The maximum absolute atomic E-state index is 12.8. The van der Waals surface area contributed by atoms with Crippen molar-refractivity contribution < 1.29 is 62.2 Å². The summed E-state index contributed by atoms with van der Waals surface area (Å²) in [5.41, 5.74) is -7.87. The van der Waals surface area contributed by atoms with Gasteiger partial charge in [0.2, 0.25) is 0 Å². The molecule has 14 heteroatoms. The van der Waals surface area contributed by atoms with E-state index in [1.807, 2.05) is 0 Å². The second kappa shape index (κ2) is 4.27. The van der Waals surface area contributed by atoms with Crippen molar-refractivity contribution in [1.29, 1.82) is 0 Å². The van der Waals surface area contributed by atoms with Gasteiger partial charge in [0.25, 0.3) is 0 Å². The Bertz CT molecular complexity index is 343. The molecule has 0 amide bonds. The lowest BCUT2D eigenvalue weighted by Crippen LogP contribution is -2.74. The third-order valence-corrected chi connectivity index (χ3v) is 2.01. The summed E-state index contributed by atoms with van der Waals surface area (Å²) in [6.45, 7) is 0. The molecule has 0 radical (unpaired) electrons. The molecule has 1 N–H and O–H groups in total. The van der Waals surface area contributed by atoms with E-state index >= 15 is 0 Å². The highest BCUT2D eigenvalue weighted by atomic mass is 19.4. The van der Waals surface area contributed by atoms with Gasteiger partial charge < -0.3 is 5.11 Å². The van der Waals surface area contributed by atoms with Crippen molar-refractivity contribution in [2.24, 2.45) is 0 Å². The number of aliphatic hydroxyl groups is 1. The fourth-order valence-corrected chi connectivity index (χ4v) is 0.941. The maximum atomic E-state index is 12.8. The van der Waals surface area contributed by atoms with E-state index in [2.05, 4.69) is 0 Å². The third kappa shape index (κ3) is 2.26. The highest BCUT2D eigenvalue weighted by Crippen LogP contribution is 2.60. The zero-order chi connectivity index (χ0) is 17.0. The Hall–Kier alpha value is -0.950.